The van der Waals surface area contributed by atoms with Gasteiger partial charge in [-0.1, -0.05) is 18.2 Å². The molecule has 0 radical (unpaired) electrons. The lowest BCUT2D eigenvalue weighted by atomic mass is 10.0. The fourth-order valence-corrected chi connectivity index (χ4v) is 3.99. The highest BCUT2D eigenvalue weighted by Gasteiger charge is 2.27. The average Bonchev–Trinajstić information content (AvgIpc) is 3.27. The lowest BCUT2D eigenvalue weighted by molar-refractivity contribution is 0.248. The molecule has 4 heteroatoms. The highest BCUT2D eigenvalue weighted by Crippen LogP contribution is 2.34. The predicted octanol–water partition coefficient (Wildman–Crippen LogP) is 4.55. The van der Waals surface area contributed by atoms with Crippen LogP contribution < -0.4 is 4.74 Å². The van der Waals surface area contributed by atoms with E-state index < -0.39 is 0 Å². The Morgan fingerprint density at radius 2 is 2.04 bits per heavy atom. The monoisotopic (exact) mass is 345 g/mol. The van der Waals surface area contributed by atoms with Crippen LogP contribution in [0.1, 0.15) is 42.5 Å². The van der Waals surface area contributed by atoms with E-state index in [-0.39, 0.29) is 0 Å². The van der Waals surface area contributed by atoms with E-state index in [1.54, 1.807) is 0 Å². The molecule has 0 saturated carbocycles. The lowest BCUT2D eigenvalue weighted by Crippen LogP contribution is -2.22. The lowest BCUT2D eigenvalue weighted by Gasteiger charge is -2.24. The minimum atomic E-state index is 0.403. The van der Waals surface area contributed by atoms with Crippen molar-refractivity contribution in [3.8, 4) is 11.8 Å². The Morgan fingerprint density at radius 3 is 2.81 bits per heavy atom. The van der Waals surface area contributed by atoms with Crippen LogP contribution in [-0.2, 0) is 6.54 Å². The number of nitriles is 1. The van der Waals surface area contributed by atoms with Crippen molar-refractivity contribution in [1.29, 1.82) is 5.26 Å². The normalized spacial score (nSPS) is 17.5. The Bertz CT molecular complexity index is 936. The molecular weight excluding hydrogens is 322 g/mol. The van der Waals surface area contributed by atoms with Crippen LogP contribution in [0, 0.1) is 11.3 Å². The molecule has 1 unspecified atom stereocenters. The van der Waals surface area contributed by atoms with Crippen LogP contribution in [0.3, 0.4) is 0 Å². The maximum absolute atomic E-state index is 9.65. The van der Waals surface area contributed by atoms with Gasteiger partial charge in [0.05, 0.1) is 17.7 Å². The molecule has 4 rings (SSSR count). The Balaban J connectivity index is 1.59. The van der Waals surface area contributed by atoms with E-state index in [1.807, 2.05) is 31.3 Å². The van der Waals surface area contributed by atoms with E-state index in [2.05, 4.69) is 45.8 Å². The summed E-state index contributed by atoms with van der Waals surface area (Å²) in [6.07, 6.45) is 6.45. The van der Waals surface area contributed by atoms with Gasteiger partial charge in [-0.15, -0.1) is 0 Å². The zero-order valence-corrected chi connectivity index (χ0v) is 15.1. The molecule has 0 N–H and O–H groups in total. The third-order valence-electron chi connectivity index (χ3n) is 5.19. The number of rotatable bonds is 5. The highest BCUT2D eigenvalue weighted by molar-refractivity contribution is 5.65. The molecule has 1 aliphatic rings. The molecule has 0 bridgehead atoms. The topological polar surface area (TPSA) is 40.7 Å². The van der Waals surface area contributed by atoms with Gasteiger partial charge in [0.1, 0.15) is 11.8 Å². The van der Waals surface area contributed by atoms with E-state index in [9.17, 15) is 5.26 Å². The number of aromatic nitrogens is 1. The summed E-state index contributed by atoms with van der Waals surface area (Å²) in [4.78, 5) is 2.49. The van der Waals surface area contributed by atoms with Gasteiger partial charge in [0.25, 0.3) is 0 Å². The van der Waals surface area contributed by atoms with Crippen LogP contribution in [0.25, 0.3) is 5.52 Å². The molecule has 0 spiro atoms. The zero-order valence-electron chi connectivity index (χ0n) is 15.1. The molecule has 3 aromatic rings. The molecule has 132 valence electrons. The SMILES string of the molecule is CCOc1ccc(C2CCCN2Cc2cn3ccccc3c2C#N)cc1. The quantitative estimate of drug-likeness (QED) is 0.681. The molecule has 1 aromatic carbocycles. The number of benzene rings is 1. The van der Waals surface area contributed by atoms with Gasteiger partial charge in [-0.05, 0) is 56.1 Å². The van der Waals surface area contributed by atoms with Gasteiger partial charge in [0.2, 0.25) is 0 Å². The van der Waals surface area contributed by atoms with Crippen LogP contribution in [-0.4, -0.2) is 22.5 Å². The number of pyridine rings is 1. The number of likely N-dealkylation sites (tertiary alicyclic amines) is 1. The van der Waals surface area contributed by atoms with Crippen molar-refractivity contribution in [2.75, 3.05) is 13.2 Å². The van der Waals surface area contributed by atoms with Crippen molar-refractivity contribution in [1.82, 2.24) is 9.30 Å². The molecule has 1 aliphatic heterocycles. The number of ether oxygens (including phenoxy) is 1. The first-order valence-corrected chi connectivity index (χ1v) is 9.25. The molecule has 1 atom stereocenters. The van der Waals surface area contributed by atoms with Gasteiger partial charge in [0, 0.05) is 30.5 Å². The molecule has 1 fully saturated rings. The van der Waals surface area contributed by atoms with Crippen LogP contribution in [0.15, 0.2) is 54.9 Å². The van der Waals surface area contributed by atoms with Crippen molar-refractivity contribution >= 4 is 5.52 Å². The summed E-state index contributed by atoms with van der Waals surface area (Å²) in [5, 5.41) is 9.65. The fourth-order valence-electron chi connectivity index (χ4n) is 3.99. The third-order valence-corrected chi connectivity index (χ3v) is 5.19. The van der Waals surface area contributed by atoms with Crippen LogP contribution in [0.5, 0.6) is 5.75 Å². The van der Waals surface area contributed by atoms with E-state index in [0.717, 1.165) is 41.9 Å². The van der Waals surface area contributed by atoms with Crippen molar-refractivity contribution < 1.29 is 4.74 Å². The number of hydrogen-bond acceptors (Lipinski definition) is 3. The Kier molecular flexibility index (Phi) is 4.64. The maximum atomic E-state index is 9.65. The van der Waals surface area contributed by atoms with Crippen LogP contribution in [0.4, 0.5) is 0 Å². The summed E-state index contributed by atoms with van der Waals surface area (Å²) in [6.45, 7) is 4.56. The summed E-state index contributed by atoms with van der Waals surface area (Å²) in [5.41, 5.74) is 4.22. The third kappa shape index (κ3) is 3.07. The minimum Gasteiger partial charge on any atom is -0.494 e. The first-order chi connectivity index (χ1) is 12.8. The van der Waals surface area contributed by atoms with Crippen molar-refractivity contribution in [2.24, 2.45) is 0 Å². The molecule has 26 heavy (non-hydrogen) atoms. The van der Waals surface area contributed by atoms with E-state index in [4.69, 9.17) is 4.74 Å². The van der Waals surface area contributed by atoms with E-state index in [0.29, 0.717) is 12.6 Å². The fraction of sp³-hybridized carbons (Fsp3) is 0.318. The molecular formula is C22H23N3O. The summed E-state index contributed by atoms with van der Waals surface area (Å²) in [6, 6.07) is 17.3. The second-order valence-corrected chi connectivity index (χ2v) is 6.76. The highest BCUT2D eigenvalue weighted by atomic mass is 16.5. The molecule has 0 amide bonds. The Morgan fingerprint density at radius 1 is 1.19 bits per heavy atom. The molecule has 2 aromatic heterocycles. The summed E-state index contributed by atoms with van der Waals surface area (Å²) in [5.74, 6) is 0.922. The molecule has 3 heterocycles. The standard InChI is InChI=1S/C22H23N3O/c1-2-26-19-10-8-17(9-11-19)21-7-5-13-24(21)15-18-16-25-12-4-3-6-22(25)20(18)14-23/h3-4,6,8-12,16,21H,2,5,7,13,15H2,1H3. The zero-order chi connectivity index (χ0) is 17.9. The number of nitrogens with zero attached hydrogens (tertiary/aromatic N) is 3. The average molecular weight is 345 g/mol. The largest absolute Gasteiger partial charge is 0.494 e. The summed E-state index contributed by atoms with van der Waals surface area (Å²) < 4.78 is 7.61. The van der Waals surface area contributed by atoms with Gasteiger partial charge in [-0.2, -0.15) is 5.26 Å². The molecule has 0 aliphatic carbocycles. The molecule has 4 nitrogen and oxygen atoms in total. The van der Waals surface area contributed by atoms with Crippen LogP contribution in [0.2, 0.25) is 0 Å². The Hall–Kier alpha value is -2.77. The van der Waals surface area contributed by atoms with Gasteiger partial charge >= 0.3 is 0 Å². The van der Waals surface area contributed by atoms with Gasteiger partial charge in [-0.25, -0.2) is 0 Å². The summed E-state index contributed by atoms with van der Waals surface area (Å²) in [7, 11) is 0. The Labute approximate surface area is 154 Å². The van der Waals surface area contributed by atoms with Gasteiger partial charge in [-0.3, -0.25) is 4.90 Å². The van der Waals surface area contributed by atoms with E-state index in [1.165, 1.54) is 12.0 Å². The second-order valence-electron chi connectivity index (χ2n) is 6.76. The minimum absolute atomic E-state index is 0.403. The van der Waals surface area contributed by atoms with Crippen molar-refractivity contribution in [3.05, 3.63) is 71.5 Å². The van der Waals surface area contributed by atoms with Crippen molar-refractivity contribution in [2.45, 2.75) is 32.4 Å². The van der Waals surface area contributed by atoms with Crippen molar-refractivity contribution in [3.63, 3.8) is 0 Å². The predicted molar refractivity (Wildman–Crippen MR) is 102 cm³/mol. The van der Waals surface area contributed by atoms with E-state index >= 15 is 0 Å². The van der Waals surface area contributed by atoms with Crippen LogP contribution >= 0.6 is 0 Å². The first kappa shape index (κ1) is 16.7. The van der Waals surface area contributed by atoms with Gasteiger partial charge in [0.15, 0.2) is 0 Å². The van der Waals surface area contributed by atoms with Gasteiger partial charge < -0.3 is 9.14 Å². The molecule has 1 saturated heterocycles. The number of fused-ring (bicyclic) bond motifs is 1. The number of hydrogen-bond donors (Lipinski definition) is 0. The summed E-state index contributed by atoms with van der Waals surface area (Å²) >= 11 is 0. The second kappa shape index (κ2) is 7.23. The maximum Gasteiger partial charge on any atom is 0.119 e. The first-order valence-electron chi connectivity index (χ1n) is 9.25. The smallest absolute Gasteiger partial charge is 0.119 e.